The number of amides is 1. The number of hydrogen-bond donors (Lipinski definition) is 1. The average molecular weight is 304 g/mol. The summed E-state index contributed by atoms with van der Waals surface area (Å²) in [6.45, 7) is 2.50. The lowest BCUT2D eigenvalue weighted by Gasteiger charge is -2.27. The SMILES string of the molecule is CC1(C(=O)O)CCN(C(=O)C2CCCN2S(C)(=O)=O)C1. The van der Waals surface area contributed by atoms with Gasteiger partial charge in [-0.05, 0) is 26.2 Å². The van der Waals surface area contributed by atoms with Crippen LogP contribution in [0, 0.1) is 5.41 Å². The number of hydrogen-bond acceptors (Lipinski definition) is 4. The number of carboxylic acids is 1. The zero-order valence-electron chi connectivity index (χ0n) is 11.7. The van der Waals surface area contributed by atoms with Crippen LogP contribution in [0.25, 0.3) is 0 Å². The van der Waals surface area contributed by atoms with Crippen LogP contribution in [0.1, 0.15) is 26.2 Å². The van der Waals surface area contributed by atoms with Crippen LogP contribution >= 0.6 is 0 Å². The second kappa shape index (κ2) is 5.00. The Balaban J connectivity index is 2.11. The predicted molar refractivity (Wildman–Crippen MR) is 71.5 cm³/mol. The van der Waals surface area contributed by atoms with Gasteiger partial charge in [-0.15, -0.1) is 0 Å². The van der Waals surface area contributed by atoms with Crippen molar-refractivity contribution in [3.8, 4) is 0 Å². The first-order chi connectivity index (χ1) is 9.15. The standard InChI is InChI=1S/C12H20N2O5S/c1-12(11(16)17)5-7-13(8-12)10(15)9-4-3-6-14(9)20(2,18)19/h9H,3-8H2,1-2H3,(H,16,17). The van der Waals surface area contributed by atoms with Crippen LogP contribution in [0.4, 0.5) is 0 Å². The smallest absolute Gasteiger partial charge is 0.311 e. The van der Waals surface area contributed by atoms with E-state index in [0.717, 1.165) is 6.26 Å². The first-order valence-electron chi connectivity index (χ1n) is 6.64. The molecule has 2 aliphatic heterocycles. The third-order valence-electron chi connectivity index (χ3n) is 4.22. The molecule has 2 rings (SSSR count). The van der Waals surface area contributed by atoms with Gasteiger partial charge in [-0.1, -0.05) is 0 Å². The Morgan fingerprint density at radius 3 is 2.45 bits per heavy atom. The Labute approximate surface area is 118 Å². The second-order valence-corrected chi connectivity index (χ2v) is 7.84. The first kappa shape index (κ1) is 15.2. The second-order valence-electron chi connectivity index (χ2n) is 5.91. The van der Waals surface area contributed by atoms with Crippen molar-refractivity contribution in [2.45, 2.75) is 32.2 Å². The van der Waals surface area contributed by atoms with E-state index in [1.165, 1.54) is 9.21 Å². The highest BCUT2D eigenvalue weighted by Gasteiger charge is 2.46. The third-order valence-corrected chi connectivity index (χ3v) is 5.51. The van der Waals surface area contributed by atoms with Crippen LogP contribution in [0.15, 0.2) is 0 Å². The predicted octanol–water partition coefficient (Wildman–Crippen LogP) is -0.266. The van der Waals surface area contributed by atoms with Crippen molar-refractivity contribution in [1.82, 2.24) is 9.21 Å². The van der Waals surface area contributed by atoms with Crippen LogP contribution in [0.2, 0.25) is 0 Å². The molecule has 7 nitrogen and oxygen atoms in total. The summed E-state index contributed by atoms with van der Waals surface area (Å²) in [6, 6.07) is -0.666. The van der Waals surface area contributed by atoms with Gasteiger partial charge in [0.1, 0.15) is 6.04 Å². The molecule has 0 aromatic heterocycles. The summed E-state index contributed by atoms with van der Waals surface area (Å²) < 4.78 is 24.5. The molecule has 2 unspecified atom stereocenters. The minimum atomic E-state index is -3.40. The molecule has 2 aliphatic rings. The van der Waals surface area contributed by atoms with E-state index in [1.54, 1.807) is 6.92 Å². The molecule has 2 atom stereocenters. The van der Waals surface area contributed by atoms with Gasteiger partial charge in [-0.2, -0.15) is 4.31 Å². The van der Waals surface area contributed by atoms with Gasteiger partial charge < -0.3 is 10.0 Å². The molecule has 8 heteroatoms. The van der Waals surface area contributed by atoms with E-state index < -0.39 is 27.4 Å². The highest BCUT2D eigenvalue weighted by Crippen LogP contribution is 2.32. The number of carbonyl (C=O) groups is 2. The number of rotatable bonds is 3. The number of nitrogens with zero attached hydrogens (tertiary/aromatic N) is 2. The number of carboxylic acid groups (broad SMARTS) is 1. The van der Waals surface area contributed by atoms with Gasteiger partial charge in [-0.3, -0.25) is 9.59 Å². The highest BCUT2D eigenvalue weighted by atomic mass is 32.2. The van der Waals surface area contributed by atoms with E-state index in [9.17, 15) is 23.1 Å². The quantitative estimate of drug-likeness (QED) is 0.774. The monoisotopic (exact) mass is 304 g/mol. The summed E-state index contributed by atoms with van der Waals surface area (Å²) in [6.07, 6.45) is 2.67. The Morgan fingerprint density at radius 2 is 1.95 bits per heavy atom. The molecule has 0 aliphatic carbocycles. The minimum absolute atomic E-state index is 0.148. The van der Waals surface area contributed by atoms with Crippen molar-refractivity contribution in [2.24, 2.45) is 5.41 Å². The van der Waals surface area contributed by atoms with E-state index in [-0.39, 0.29) is 12.5 Å². The van der Waals surface area contributed by atoms with Gasteiger partial charge in [0, 0.05) is 19.6 Å². The summed E-state index contributed by atoms with van der Waals surface area (Å²) >= 11 is 0. The molecular formula is C12H20N2O5S. The fourth-order valence-electron chi connectivity index (χ4n) is 2.92. The fraction of sp³-hybridized carbons (Fsp3) is 0.833. The lowest BCUT2D eigenvalue weighted by atomic mass is 9.90. The maximum absolute atomic E-state index is 12.4. The number of likely N-dealkylation sites (tertiary alicyclic amines) is 1. The van der Waals surface area contributed by atoms with Crippen LogP contribution < -0.4 is 0 Å². The lowest BCUT2D eigenvalue weighted by molar-refractivity contribution is -0.147. The molecule has 0 aromatic carbocycles. The van der Waals surface area contributed by atoms with Crippen molar-refractivity contribution >= 4 is 21.9 Å². The van der Waals surface area contributed by atoms with Crippen LogP contribution in [-0.2, 0) is 19.6 Å². The van der Waals surface area contributed by atoms with Gasteiger partial charge in [0.25, 0.3) is 0 Å². The zero-order chi connectivity index (χ0) is 15.1. The van der Waals surface area contributed by atoms with E-state index in [0.29, 0.717) is 32.4 Å². The van der Waals surface area contributed by atoms with Gasteiger partial charge >= 0.3 is 5.97 Å². The van der Waals surface area contributed by atoms with Crippen molar-refractivity contribution in [1.29, 1.82) is 0 Å². The Morgan fingerprint density at radius 1 is 1.30 bits per heavy atom. The minimum Gasteiger partial charge on any atom is -0.481 e. The number of aliphatic carboxylic acids is 1. The molecule has 1 N–H and O–H groups in total. The molecule has 2 fully saturated rings. The topological polar surface area (TPSA) is 95.0 Å². The van der Waals surface area contributed by atoms with Crippen LogP contribution in [0.5, 0.6) is 0 Å². The van der Waals surface area contributed by atoms with Gasteiger partial charge in [-0.25, -0.2) is 8.42 Å². The fourth-order valence-corrected chi connectivity index (χ4v) is 4.04. The zero-order valence-corrected chi connectivity index (χ0v) is 12.5. The molecule has 0 aromatic rings. The molecule has 2 heterocycles. The highest BCUT2D eigenvalue weighted by molar-refractivity contribution is 7.88. The van der Waals surface area contributed by atoms with Crippen molar-refractivity contribution < 1.29 is 23.1 Å². The van der Waals surface area contributed by atoms with E-state index in [1.807, 2.05) is 0 Å². The molecule has 0 radical (unpaired) electrons. The molecule has 0 saturated carbocycles. The summed E-state index contributed by atoms with van der Waals surface area (Å²) in [5, 5.41) is 9.17. The maximum atomic E-state index is 12.4. The van der Waals surface area contributed by atoms with Gasteiger partial charge in [0.05, 0.1) is 11.7 Å². The Hall–Kier alpha value is -1.15. The summed E-state index contributed by atoms with van der Waals surface area (Å²) in [7, 11) is -3.40. The van der Waals surface area contributed by atoms with Crippen molar-refractivity contribution in [2.75, 3.05) is 25.9 Å². The summed E-state index contributed by atoms with van der Waals surface area (Å²) in [5.41, 5.74) is -0.926. The normalized spacial score (nSPS) is 31.7. The molecule has 114 valence electrons. The largest absolute Gasteiger partial charge is 0.481 e. The Bertz CT molecular complexity index is 532. The summed E-state index contributed by atoms with van der Waals surface area (Å²) in [4.78, 5) is 25.1. The molecule has 0 bridgehead atoms. The third kappa shape index (κ3) is 2.67. The van der Waals surface area contributed by atoms with Gasteiger partial charge in [0.2, 0.25) is 15.9 Å². The van der Waals surface area contributed by atoms with E-state index in [2.05, 4.69) is 0 Å². The van der Waals surface area contributed by atoms with Crippen LogP contribution in [0.3, 0.4) is 0 Å². The summed E-state index contributed by atoms with van der Waals surface area (Å²) in [5.74, 6) is -1.18. The maximum Gasteiger partial charge on any atom is 0.311 e. The number of sulfonamides is 1. The van der Waals surface area contributed by atoms with E-state index >= 15 is 0 Å². The number of carbonyl (C=O) groups excluding carboxylic acids is 1. The van der Waals surface area contributed by atoms with Crippen LogP contribution in [-0.4, -0.2) is 66.5 Å². The average Bonchev–Trinajstić information content (AvgIpc) is 2.94. The van der Waals surface area contributed by atoms with Gasteiger partial charge in [0.15, 0.2) is 0 Å². The molecule has 0 spiro atoms. The molecular weight excluding hydrogens is 284 g/mol. The van der Waals surface area contributed by atoms with Crippen molar-refractivity contribution in [3.63, 3.8) is 0 Å². The lowest BCUT2D eigenvalue weighted by Crippen LogP contribution is -2.47. The van der Waals surface area contributed by atoms with Crippen molar-refractivity contribution in [3.05, 3.63) is 0 Å². The first-order valence-corrected chi connectivity index (χ1v) is 8.49. The molecule has 20 heavy (non-hydrogen) atoms. The molecule has 2 saturated heterocycles. The Kier molecular flexibility index (Phi) is 3.81. The van der Waals surface area contributed by atoms with E-state index in [4.69, 9.17) is 0 Å². The molecule has 1 amide bonds.